The number of carboxylic acids is 1. The number of carboxylic acid groups (broad SMARTS) is 1. The SMILES string of the molecule is COc1ccc2ncc(Cl)c(C(O)CCC3(CC(=O)O)CCN(CC#Cc4ccc(F)cc4Cl)CC3)c2c1. The van der Waals surface area contributed by atoms with Crippen molar-refractivity contribution in [3.05, 3.63) is 69.6 Å². The van der Waals surface area contributed by atoms with E-state index in [1.54, 1.807) is 25.3 Å². The summed E-state index contributed by atoms with van der Waals surface area (Å²) in [5, 5.41) is 22.2. The second-order valence-corrected chi connectivity index (χ2v) is 10.5. The maximum absolute atomic E-state index is 13.2. The normalized spacial score (nSPS) is 16.0. The Morgan fingerprint density at radius 2 is 1.97 bits per heavy atom. The molecule has 200 valence electrons. The largest absolute Gasteiger partial charge is 0.497 e. The van der Waals surface area contributed by atoms with Gasteiger partial charge >= 0.3 is 5.97 Å². The van der Waals surface area contributed by atoms with E-state index >= 15 is 0 Å². The molecule has 0 amide bonds. The van der Waals surface area contributed by atoms with E-state index in [4.69, 9.17) is 27.9 Å². The van der Waals surface area contributed by atoms with Gasteiger partial charge in [0.1, 0.15) is 11.6 Å². The molecule has 2 aromatic carbocycles. The van der Waals surface area contributed by atoms with Gasteiger partial charge in [-0.25, -0.2) is 4.39 Å². The fourth-order valence-electron chi connectivity index (χ4n) is 5.08. The highest BCUT2D eigenvalue weighted by molar-refractivity contribution is 6.32. The zero-order valence-corrected chi connectivity index (χ0v) is 22.5. The fourth-order valence-corrected chi connectivity index (χ4v) is 5.57. The highest BCUT2D eigenvalue weighted by atomic mass is 35.5. The van der Waals surface area contributed by atoms with Crippen LogP contribution >= 0.6 is 23.2 Å². The van der Waals surface area contributed by atoms with Gasteiger partial charge in [-0.05, 0) is 80.6 Å². The zero-order chi connectivity index (χ0) is 27.3. The number of hydrogen-bond acceptors (Lipinski definition) is 5. The molecule has 9 heteroatoms. The van der Waals surface area contributed by atoms with Crippen molar-refractivity contribution in [3.8, 4) is 17.6 Å². The number of aliphatic carboxylic acids is 1. The number of aliphatic hydroxyl groups is 1. The van der Waals surface area contributed by atoms with Gasteiger partial charge in [0.25, 0.3) is 0 Å². The van der Waals surface area contributed by atoms with Gasteiger partial charge in [-0.3, -0.25) is 14.7 Å². The highest BCUT2D eigenvalue weighted by Gasteiger charge is 2.37. The number of hydrogen-bond donors (Lipinski definition) is 2. The lowest BCUT2D eigenvalue weighted by atomic mass is 9.71. The van der Waals surface area contributed by atoms with Crippen LogP contribution in [0.3, 0.4) is 0 Å². The van der Waals surface area contributed by atoms with Crippen LogP contribution in [0.25, 0.3) is 10.9 Å². The van der Waals surface area contributed by atoms with E-state index in [0.29, 0.717) is 78.1 Å². The van der Waals surface area contributed by atoms with Gasteiger partial charge in [-0.2, -0.15) is 0 Å². The minimum atomic E-state index is -0.880. The first-order chi connectivity index (χ1) is 18.2. The summed E-state index contributed by atoms with van der Waals surface area (Å²) in [7, 11) is 1.57. The number of carbonyl (C=O) groups is 1. The van der Waals surface area contributed by atoms with E-state index in [-0.39, 0.29) is 11.4 Å². The predicted molar refractivity (Wildman–Crippen MR) is 146 cm³/mol. The number of piperidine rings is 1. The van der Waals surface area contributed by atoms with Crippen LogP contribution in [0.4, 0.5) is 4.39 Å². The van der Waals surface area contributed by atoms with Gasteiger partial charge in [0.2, 0.25) is 0 Å². The van der Waals surface area contributed by atoms with E-state index in [9.17, 15) is 19.4 Å². The van der Waals surface area contributed by atoms with Crippen LogP contribution in [-0.4, -0.2) is 52.8 Å². The Morgan fingerprint density at radius 3 is 2.66 bits per heavy atom. The van der Waals surface area contributed by atoms with E-state index in [1.165, 1.54) is 18.3 Å². The third kappa shape index (κ3) is 6.75. The minimum absolute atomic E-state index is 0.0308. The van der Waals surface area contributed by atoms with Gasteiger partial charge in [-0.1, -0.05) is 35.0 Å². The number of methoxy groups -OCH3 is 1. The molecule has 0 spiro atoms. The van der Waals surface area contributed by atoms with Crippen LogP contribution in [0.2, 0.25) is 10.0 Å². The first kappa shape index (κ1) is 28.1. The van der Waals surface area contributed by atoms with E-state index < -0.39 is 23.3 Å². The Labute approximate surface area is 231 Å². The van der Waals surface area contributed by atoms with E-state index in [1.807, 2.05) is 6.07 Å². The molecular formula is C29H29Cl2FN2O4. The first-order valence-corrected chi connectivity index (χ1v) is 13.1. The topological polar surface area (TPSA) is 82.9 Å². The van der Waals surface area contributed by atoms with Gasteiger partial charge in [0.05, 0.1) is 41.7 Å². The molecule has 1 aliphatic heterocycles. The van der Waals surface area contributed by atoms with Crippen LogP contribution in [0.15, 0.2) is 42.6 Å². The summed E-state index contributed by atoms with van der Waals surface area (Å²) in [5.41, 5.74) is 1.40. The number of halogens is 3. The van der Waals surface area contributed by atoms with Crippen LogP contribution in [0.5, 0.6) is 5.75 Å². The summed E-state index contributed by atoms with van der Waals surface area (Å²) in [4.78, 5) is 18.3. The number of benzene rings is 2. The minimum Gasteiger partial charge on any atom is -0.497 e. The van der Waals surface area contributed by atoms with Crippen molar-refractivity contribution in [1.82, 2.24) is 9.88 Å². The average Bonchev–Trinajstić information content (AvgIpc) is 2.89. The Bertz CT molecular complexity index is 1380. The van der Waals surface area contributed by atoms with E-state index in [0.717, 1.165) is 0 Å². The Balaban J connectivity index is 1.43. The summed E-state index contributed by atoms with van der Waals surface area (Å²) in [6.07, 6.45) is 2.92. The van der Waals surface area contributed by atoms with Crippen molar-refractivity contribution in [2.45, 2.75) is 38.2 Å². The molecule has 0 saturated carbocycles. The number of aromatic nitrogens is 1. The summed E-state index contributed by atoms with van der Waals surface area (Å²) >= 11 is 12.5. The van der Waals surface area contributed by atoms with Gasteiger partial charge in [0, 0.05) is 22.7 Å². The van der Waals surface area contributed by atoms with Crippen LogP contribution < -0.4 is 4.74 Å². The Morgan fingerprint density at radius 1 is 1.21 bits per heavy atom. The number of ether oxygens (including phenoxy) is 1. The fraction of sp³-hybridized carbons (Fsp3) is 0.379. The molecular weight excluding hydrogens is 530 g/mol. The molecule has 3 aromatic rings. The maximum atomic E-state index is 13.2. The number of aliphatic hydroxyl groups excluding tert-OH is 1. The second kappa shape index (κ2) is 12.3. The molecule has 6 nitrogen and oxygen atoms in total. The van der Waals surface area contributed by atoms with Crippen LogP contribution in [0.1, 0.15) is 49.3 Å². The van der Waals surface area contributed by atoms with Crippen molar-refractivity contribution in [1.29, 1.82) is 0 Å². The molecule has 1 atom stereocenters. The molecule has 38 heavy (non-hydrogen) atoms. The van der Waals surface area contributed by atoms with Gasteiger partial charge in [0.15, 0.2) is 0 Å². The third-order valence-corrected chi connectivity index (χ3v) is 7.86. The number of rotatable bonds is 8. The lowest BCUT2D eigenvalue weighted by Gasteiger charge is -2.41. The van der Waals surface area contributed by atoms with Crippen molar-refractivity contribution < 1.29 is 24.1 Å². The molecule has 1 unspecified atom stereocenters. The Hall–Kier alpha value is -2.89. The first-order valence-electron chi connectivity index (χ1n) is 12.4. The standard InChI is InChI=1S/C29H29Cl2FN2O4/c1-38-21-6-7-25-22(16-21)28(24(31)18-33-25)26(35)8-9-29(17-27(36)37)10-13-34(14-11-29)12-2-3-19-4-5-20(32)15-23(19)30/h4-7,15-16,18,26,35H,8-14,17H2,1H3,(H,36,37). The quantitative estimate of drug-likeness (QED) is 0.324. The summed E-state index contributed by atoms with van der Waals surface area (Å²) in [6, 6.07) is 9.53. The number of pyridine rings is 1. The highest BCUT2D eigenvalue weighted by Crippen LogP contribution is 2.43. The number of nitrogens with zero attached hydrogens (tertiary/aromatic N) is 2. The molecule has 1 aliphatic rings. The molecule has 4 rings (SSSR count). The van der Waals surface area contributed by atoms with Crippen LogP contribution in [-0.2, 0) is 4.79 Å². The molecule has 1 saturated heterocycles. The molecule has 1 aromatic heterocycles. The van der Waals surface area contributed by atoms with Crippen molar-refractivity contribution in [2.24, 2.45) is 5.41 Å². The maximum Gasteiger partial charge on any atom is 0.303 e. The van der Waals surface area contributed by atoms with Gasteiger partial charge in [-0.15, -0.1) is 0 Å². The van der Waals surface area contributed by atoms with E-state index in [2.05, 4.69) is 21.7 Å². The molecule has 0 bridgehead atoms. The smallest absolute Gasteiger partial charge is 0.303 e. The molecule has 0 aliphatic carbocycles. The average molecular weight is 559 g/mol. The molecule has 2 heterocycles. The number of likely N-dealkylation sites (tertiary alicyclic amines) is 1. The zero-order valence-electron chi connectivity index (χ0n) is 21.0. The second-order valence-electron chi connectivity index (χ2n) is 9.73. The van der Waals surface area contributed by atoms with Crippen molar-refractivity contribution in [3.63, 3.8) is 0 Å². The predicted octanol–water partition coefficient (Wildman–Crippen LogP) is 6.11. The summed E-state index contributed by atoms with van der Waals surface area (Å²) in [5.74, 6) is 5.44. The molecule has 0 radical (unpaired) electrons. The van der Waals surface area contributed by atoms with Crippen LogP contribution in [0, 0.1) is 23.1 Å². The monoisotopic (exact) mass is 558 g/mol. The molecule has 1 fully saturated rings. The number of fused-ring (bicyclic) bond motifs is 1. The lowest BCUT2D eigenvalue weighted by molar-refractivity contribution is -0.141. The lowest BCUT2D eigenvalue weighted by Crippen LogP contribution is -2.41. The summed E-state index contributed by atoms with van der Waals surface area (Å²) in [6.45, 7) is 1.87. The molecule has 2 N–H and O–H groups in total. The Kier molecular flexibility index (Phi) is 9.11. The summed E-state index contributed by atoms with van der Waals surface area (Å²) < 4.78 is 18.6. The van der Waals surface area contributed by atoms with Gasteiger partial charge < -0.3 is 14.9 Å². The third-order valence-electron chi connectivity index (χ3n) is 7.25. The van der Waals surface area contributed by atoms with Crippen molar-refractivity contribution >= 4 is 40.1 Å². The van der Waals surface area contributed by atoms with Crippen molar-refractivity contribution in [2.75, 3.05) is 26.7 Å².